The lowest BCUT2D eigenvalue weighted by Gasteiger charge is -2.35. The van der Waals surface area contributed by atoms with E-state index in [9.17, 15) is 4.79 Å². The van der Waals surface area contributed by atoms with Crippen molar-refractivity contribution in [3.63, 3.8) is 0 Å². The molecule has 1 aliphatic heterocycles. The highest BCUT2D eigenvalue weighted by Crippen LogP contribution is 2.23. The Morgan fingerprint density at radius 3 is 2.75 bits per heavy atom. The minimum atomic E-state index is -0.302. The Balaban J connectivity index is 1.66. The zero-order valence-electron chi connectivity index (χ0n) is 14.8. The van der Waals surface area contributed by atoms with Crippen molar-refractivity contribution in [1.82, 2.24) is 9.88 Å². The van der Waals surface area contributed by atoms with E-state index in [2.05, 4.69) is 41.2 Å². The molecule has 24 heavy (non-hydrogen) atoms. The molecule has 2 aromatic rings. The van der Waals surface area contributed by atoms with Gasteiger partial charge in [0.05, 0.1) is 6.61 Å². The van der Waals surface area contributed by atoms with E-state index in [0.717, 1.165) is 42.5 Å². The molecular formula is C19H27N3O2. The van der Waals surface area contributed by atoms with Crippen LogP contribution in [-0.4, -0.2) is 47.6 Å². The fourth-order valence-electron chi connectivity index (χ4n) is 3.34. The maximum atomic E-state index is 11.8. The summed E-state index contributed by atoms with van der Waals surface area (Å²) in [5.74, 6) is -0.302. The number of hydrogen-bond acceptors (Lipinski definition) is 4. The average molecular weight is 329 g/mol. The monoisotopic (exact) mass is 329 g/mol. The first-order chi connectivity index (χ1) is 11.6. The van der Waals surface area contributed by atoms with Crippen LogP contribution in [0.1, 0.15) is 44.1 Å². The second kappa shape index (κ2) is 7.26. The number of carbonyl (C=O) groups excluding carboxylic acids is 1. The van der Waals surface area contributed by atoms with Crippen molar-refractivity contribution in [2.24, 2.45) is 0 Å². The van der Waals surface area contributed by atoms with E-state index >= 15 is 0 Å². The fraction of sp³-hybridized carbons (Fsp3) is 0.526. The van der Waals surface area contributed by atoms with E-state index in [4.69, 9.17) is 4.74 Å². The van der Waals surface area contributed by atoms with Crippen molar-refractivity contribution in [1.29, 1.82) is 0 Å². The largest absolute Gasteiger partial charge is 0.461 e. The quantitative estimate of drug-likeness (QED) is 0.823. The van der Waals surface area contributed by atoms with E-state index in [1.165, 1.54) is 0 Å². The second-order valence-electron chi connectivity index (χ2n) is 6.75. The summed E-state index contributed by atoms with van der Waals surface area (Å²) in [6, 6.07) is 9.19. The first-order valence-corrected chi connectivity index (χ1v) is 8.87. The van der Waals surface area contributed by atoms with Crippen LogP contribution in [0.2, 0.25) is 0 Å². The molecule has 1 aromatic heterocycles. The van der Waals surface area contributed by atoms with Crippen LogP contribution >= 0.6 is 0 Å². The van der Waals surface area contributed by atoms with Crippen LogP contribution in [0.25, 0.3) is 10.9 Å². The molecule has 2 heterocycles. The Kier molecular flexibility index (Phi) is 5.09. The molecular weight excluding hydrogens is 302 g/mol. The van der Waals surface area contributed by atoms with Gasteiger partial charge >= 0.3 is 5.97 Å². The van der Waals surface area contributed by atoms with Crippen LogP contribution in [-0.2, 0) is 4.74 Å². The predicted molar refractivity (Wildman–Crippen MR) is 97.6 cm³/mol. The summed E-state index contributed by atoms with van der Waals surface area (Å²) in [6.07, 6.45) is 2.33. The SMILES string of the molecule is CCOC(=O)c1cc2cc(NC3CCN(C(C)C)CC3)ccc2[nH]1. The molecule has 1 saturated heterocycles. The number of nitrogens with zero attached hydrogens (tertiary/aromatic N) is 1. The molecule has 0 atom stereocenters. The number of benzene rings is 1. The molecule has 3 rings (SSSR count). The summed E-state index contributed by atoms with van der Waals surface area (Å²) < 4.78 is 5.05. The molecule has 0 radical (unpaired) electrons. The number of ether oxygens (including phenoxy) is 1. The maximum Gasteiger partial charge on any atom is 0.354 e. The van der Waals surface area contributed by atoms with Gasteiger partial charge in [0, 0.05) is 41.8 Å². The smallest absolute Gasteiger partial charge is 0.354 e. The number of esters is 1. The second-order valence-corrected chi connectivity index (χ2v) is 6.75. The van der Waals surface area contributed by atoms with Crippen LogP contribution in [0.4, 0.5) is 5.69 Å². The van der Waals surface area contributed by atoms with Gasteiger partial charge < -0.3 is 19.9 Å². The zero-order chi connectivity index (χ0) is 17.1. The minimum absolute atomic E-state index is 0.302. The van der Waals surface area contributed by atoms with Gasteiger partial charge in [-0.1, -0.05) is 0 Å². The molecule has 0 amide bonds. The van der Waals surface area contributed by atoms with Crippen LogP contribution in [0.15, 0.2) is 24.3 Å². The molecule has 2 N–H and O–H groups in total. The number of H-pyrrole nitrogens is 1. The van der Waals surface area contributed by atoms with Crippen LogP contribution in [0.5, 0.6) is 0 Å². The summed E-state index contributed by atoms with van der Waals surface area (Å²) in [5.41, 5.74) is 2.58. The van der Waals surface area contributed by atoms with Gasteiger partial charge in [-0.25, -0.2) is 4.79 Å². The standard InChI is InChI=1S/C19H27N3O2/c1-4-24-19(23)18-12-14-11-16(5-6-17(14)21-18)20-15-7-9-22(10-8-15)13(2)3/h5-6,11-13,15,20-21H,4,7-10H2,1-3H3. The molecule has 0 saturated carbocycles. The van der Waals surface area contributed by atoms with Crippen molar-refractivity contribution in [3.8, 4) is 0 Å². The number of fused-ring (bicyclic) bond motifs is 1. The Hall–Kier alpha value is -2.01. The van der Waals surface area contributed by atoms with Gasteiger partial charge in [-0.3, -0.25) is 0 Å². The van der Waals surface area contributed by atoms with E-state index in [1.54, 1.807) is 0 Å². The highest BCUT2D eigenvalue weighted by atomic mass is 16.5. The number of likely N-dealkylation sites (tertiary alicyclic amines) is 1. The molecule has 1 aromatic carbocycles. The van der Waals surface area contributed by atoms with Crippen LogP contribution in [0.3, 0.4) is 0 Å². The summed E-state index contributed by atoms with van der Waals surface area (Å²) in [6.45, 7) is 9.01. The number of anilines is 1. The van der Waals surface area contributed by atoms with Crippen LogP contribution in [0, 0.1) is 0 Å². The minimum Gasteiger partial charge on any atom is -0.461 e. The lowest BCUT2D eigenvalue weighted by Crippen LogP contribution is -2.42. The lowest BCUT2D eigenvalue weighted by molar-refractivity contribution is 0.0520. The van der Waals surface area contributed by atoms with Gasteiger partial charge in [0.2, 0.25) is 0 Å². The summed E-state index contributed by atoms with van der Waals surface area (Å²) >= 11 is 0. The molecule has 0 aliphatic carbocycles. The first-order valence-electron chi connectivity index (χ1n) is 8.87. The van der Waals surface area contributed by atoms with Crippen LogP contribution < -0.4 is 5.32 Å². The third kappa shape index (κ3) is 3.73. The third-order valence-electron chi connectivity index (χ3n) is 4.75. The van der Waals surface area contributed by atoms with Crippen molar-refractivity contribution in [2.75, 3.05) is 25.0 Å². The molecule has 1 aliphatic rings. The normalized spacial score (nSPS) is 16.7. The molecule has 0 unspecified atom stereocenters. The number of carbonyl (C=O) groups is 1. The predicted octanol–water partition coefficient (Wildman–Crippen LogP) is 3.63. The van der Waals surface area contributed by atoms with Crippen molar-refractivity contribution in [3.05, 3.63) is 30.0 Å². The fourth-order valence-corrected chi connectivity index (χ4v) is 3.34. The van der Waals surface area contributed by atoms with Gasteiger partial charge in [0.25, 0.3) is 0 Å². The topological polar surface area (TPSA) is 57.4 Å². The number of rotatable bonds is 5. The van der Waals surface area contributed by atoms with E-state index in [-0.39, 0.29) is 5.97 Å². The Labute approximate surface area is 143 Å². The molecule has 5 nitrogen and oxygen atoms in total. The molecule has 0 bridgehead atoms. The summed E-state index contributed by atoms with van der Waals surface area (Å²) in [5, 5.41) is 4.67. The Morgan fingerprint density at radius 1 is 1.33 bits per heavy atom. The number of hydrogen-bond donors (Lipinski definition) is 2. The number of nitrogens with one attached hydrogen (secondary N) is 2. The number of aromatic amines is 1. The zero-order valence-corrected chi connectivity index (χ0v) is 14.8. The van der Waals surface area contributed by atoms with Gasteiger partial charge in [0.1, 0.15) is 5.69 Å². The van der Waals surface area contributed by atoms with E-state index < -0.39 is 0 Å². The van der Waals surface area contributed by atoms with Gasteiger partial charge in [-0.05, 0) is 57.9 Å². The van der Waals surface area contributed by atoms with Crippen molar-refractivity contribution >= 4 is 22.6 Å². The van der Waals surface area contributed by atoms with Gasteiger partial charge in [-0.2, -0.15) is 0 Å². The van der Waals surface area contributed by atoms with Gasteiger partial charge in [0.15, 0.2) is 0 Å². The number of aromatic nitrogens is 1. The number of piperidine rings is 1. The van der Waals surface area contributed by atoms with Crippen molar-refractivity contribution in [2.45, 2.75) is 45.7 Å². The first kappa shape index (κ1) is 16.8. The average Bonchev–Trinajstić information content (AvgIpc) is 2.99. The molecule has 5 heteroatoms. The summed E-state index contributed by atoms with van der Waals surface area (Å²) in [4.78, 5) is 17.5. The Morgan fingerprint density at radius 2 is 2.08 bits per heavy atom. The third-order valence-corrected chi connectivity index (χ3v) is 4.75. The molecule has 130 valence electrons. The highest BCUT2D eigenvalue weighted by molar-refractivity contribution is 5.95. The highest BCUT2D eigenvalue weighted by Gasteiger charge is 2.20. The van der Waals surface area contributed by atoms with Crippen molar-refractivity contribution < 1.29 is 9.53 Å². The lowest BCUT2D eigenvalue weighted by atomic mass is 10.0. The van der Waals surface area contributed by atoms with E-state index in [0.29, 0.717) is 24.4 Å². The Bertz CT molecular complexity index is 700. The molecule has 1 fully saturated rings. The molecule has 0 spiro atoms. The van der Waals surface area contributed by atoms with E-state index in [1.807, 2.05) is 19.1 Å². The summed E-state index contributed by atoms with van der Waals surface area (Å²) in [7, 11) is 0. The maximum absolute atomic E-state index is 11.8. The van der Waals surface area contributed by atoms with Gasteiger partial charge in [-0.15, -0.1) is 0 Å².